The van der Waals surface area contributed by atoms with Crippen LogP contribution in [0.2, 0.25) is 0 Å². The first kappa shape index (κ1) is 27.5. The van der Waals surface area contributed by atoms with E-state index in [2.05, 4.69) is 27.0 Å². The summed E-state index contributed by atoms with van der Waals surface area (Å²) >= 11 is 0. The molecule has 0 N–H and O–H groups in total. The largest absolute Gasteiger partial charge is 2.00 e. The van der Waals surface area contributed by atoms with E-state index in [4.69, 9.17) is 0 Å². The van der Waals surface area contributed by atoms with Crippen molar-refractivity contribution < 1.29 is 19.8 Å². The van der Waals surface area contributed by atoms with E-state index in [1.807, 2.05) is 0 Å². The molecular formula is C18H30CaO4. The number of carbonyl (C=O) groups is 2. The van der Waals surface area contributed by atoms with Crippen LogP contribution in [-0.4, -0.2) is 49.7 Å². The van der Waals surface area contributed by atoms with Crippen LogP contribution in [0.25, 0.3) is 0 Å². The molecule has 0 aromatic carbocycles. The summed E-state index contributed by atoms with van der Waals surface area (Å²) in [4.78, 5) is 20.3. The van der Waals surface area contributed by atoms with E-state index >= 15 is 0 Å². The van der Waals surface area contributed by atoms with Gasteiger partial charge in [0.1, 0.15) is 0 Å². The molecule has 0 aliphatic rings. The molecule has 0 aliphatic heterocycles. The van der Waals surface area contributed by atoms with E-state index in [0.29, 0.717) is 12.8 Å². The monoisotopic (exact) mass is 350 g/mol. The van der Waals surface area contributed by atoms with Gasteiger partial charge < -0.3 is 19.8 Å². The summed E-state index contributed by atoms with van der Waals surface area (Å²) in [6.07, 6.45) is 9.81. The van der Waals surface area contributed by atoms with Gasteiger partial charge in [-0.15, -0.1) is 0 Å². The average Bonchev–Trinajstić information content (AvgIpc) is 2.48. The van der Waals surface area contributed by atoms with Crippen LogP contribution in [0.1, 0.15) is 78.1 Å². The smallest absolute Gasteiger partial charge is 0.545 e. The predicted molar refractivity (Wildman–Crippen MR) is 91.6 cm³/mol. The van der Waals surface area contributed by atoms with E-state index in [1.54, 1.807) is 0 Å². The molecule has 0 aromatic rings. The molecule has 0 amide bonds. The molecule has 23 heavy (non-hydrogen) atoms. The number of rotatable bonds is 12. The van der Waals surface area contributed by atoms with E-state index < -0.39 is 11.9 Å². The maximum atomic E-state index is 10.2. The van der Waals surface area contributed by atoms with Crippen LogP contribution in [0.5, 0.6) is 0 Å². The second-order valence-electron chi connectivity index (χ2n) is 5.40. The van der Waals surface area contributed by atoms with Crippen molar-refractivity contribution in [2.75, 3.05) is 0 Å². The fourth-order valence-electron chi connectivity index (χ4n) is 1.73. The van der Waals surface area contributed by atoms with Crippen molar-refractivity contribution in [2.24, 2.45) is 0 Å². The number of carbonyl (C=O) groups excluding carboxylic acids is 2. The molecule has 5 heteroatoms. The Bertz CT molecular complexity index is 317. The molecule has 0 rings (SSSR count). The summed E-state index contributed by atoms with van der Waals surface area (Å²) in [7, 11) is 0. The van der Waals surface area contributed by atoms with Gasteiger partial charge in [-0.2, -0.15) is 0 Å². The van der Waals surface area contributed by atoms with Crippen LogP contribution in [0.15, 0.2) is 24.3 Å². The number of unbranched alkanes of at least 4 members (excludes halogenated alkanes) is 6. The number of carboxylic acids is 2. The molecule has 0 spiro atoms. The summed E-state index contributed by atoms with van der Waals surface area (Å²) in [5.74, 6) is -2.22. The van der Waals surface area contributed by atoms with E-state index in [1.165, 1.54) is 12.8 Å². The van der Waals surface area contributed by atoms with Gasteiger partial charge in [0.05, 0.1) is 11.9 Å². The van der Waals surface area contributed by atoms with Gasteiger partial charge in [-0.05, 0) is 36.8 Å². The minimum atomic E-state index is -1.11. The van der Waals surface area contributed by atoms with Crippen LogP contribution in [-0.2, 0) is 9.59 Å². The molecular weight excluding hydrogens is 320 g/mol. The summed E-state index contributed by atoms with van der Waals surface area (Å²) in [6.45, 7) is 11.0. The van der Waals surface area contributed by atoms with Crippen molar-refractivity contribution in [1.82, 2.24) is 0 Å². The van der Waals surface area contributed by atoms with Gasteiger partial charge in [-0.3, -0.25) is 0 Å². The van der Waals surface area contributed by atoms with E-state index in [0.717, 1.165) is 38.5 Å². The van der Waals surface area contributed by atoms with Crippen LogP contribution in [0, 0.1) is 0 Å². The van der Waals surface area contributed by atoms with Crippen molar-refractivity contribution >= 4 is 49.7 Å². The summed E-state index contributed by atoms with van der Waals surface area (Å²) in [5.41, 5.74) is 0.446. The minimum Gasteiger partial charge on any atom is -0.545 e. The Hall–Kier alpha value is -0.320. The fourth-order valence-corrected chi connectivity index (χ4v) is 1.73. The summed E-state index contributed by atoms with van der Waals surface area (Å²) in [6, 6.07) is 0. The quantitative estimate of drug-likeness (QED) is 0.307. The SMILES string of the molecule is C=C(CCCCCC)C(=O)[O-].C=C(CCCCCC)C(=O)[O-].[Ca+2]. The minimum absolute atomic E-state index is 0. The Morgan fingerprint density at radius 1 is 0.696 bits per heavy atom. The Kier molecular flexibility index (Phi) is 23.6. The van der Waals surface area contributed by atoms with Gasteiger partial charge in [0.15, 0.2) is 0 Å². The molecule has 0 unspecified atom stereocenters. The summed E-state index contributed by atoms with van der Waals surface area (Å²) < 4.78 is 0. The first-order valence-electron chi connectivity index (χ1n) is 8.14. The zero-order valence-corrected chi connectivity index (χ0v) is 17.0. The van der Waals surface area contributed by atoms with E-state index in [9.17, 15) is 19.8 Å². The van der Waals surface area contributed by atoms with Crippen molar-refractivity contribution in [3.63, 3.8) is 0 Å². The summed E-state index contributed by atoms with van der Waals surface area (Å²) in [5, 5.41) is 20.3. The van der Waals surface area contributed by atoms with Crippen LogP contribution < -0.4 is 10.2 Å². The molecule has 128 valence electrons. The first-order chi connectivity index (χ1) is 10.4. The Morgan fingerprint density at radius 3 is 1.22 bits per heavy atom. The Morgan fingerprint density at radius 2 is 1.00 bits per heavy atom. The second kappa shape index (κ2) is 19.7. The molecule has 0 heterocycles. The maximum Gasteiger partial charge on any atom is 2.00 e. The molecule has 0 fully saturated rings. The zero-order valence-electron chi connectivity index (χ0n) is 14.8. The molecule has 0 radical (unpaired) electrons. The van der Waals surface area contributed by atoms with Crippen LogP contribution in [0.4, 0.5) is 0 Å². The molecule has 0 atom stereocenters. The molecule has 0 aliphatic carbocycles. The first-order valence-corrected chi connectivity index (χ1v) is 8.14. The molecule has 0 aromatic heterocycles. The van der Waals surface area contributed by atoms with Gasteiger partial charge in [-0.25, -0.2) is 0 Å². The number of hydrogen-bond acceptors (Lipinski definition) is 4. The van der Waals surface area contributed by atoms with Crippen LogP contribution in [0.3, 0.4) is 0 Å². The number of aliphatic carboxylic acids is 2. The van der Waals surface area contributed by atoms with Crippen molar-refractivity contribution in [3.8, 4) is 0 Å². The number of carboxylic acid groups (broad SMARTS) is 2. The molecule has 0 saturated carbocycles. The van der Waals surface area contributed by atoms with Gasteiger partial charge in [-0.1, -0.05) is 65.5 Å². The number of hydrogen-bond donors (Lipinski definition) is 0. The Labute approximate surface area is 171 Å². The maximum absolute atomic E-state index is 10.2. The van der Waals surface area contributed by atoms with Crippen molar-refractivity contribution in [2.45, 2.75) is 78.1 Å². The Balaban J connectivity index is -0.000000333. The van der Waals surface area contributed by atoms with Gasteiger partial charge in [0, 0.05) is 0 Å². The standard InChI is InChI=1S/2C9H16O2.Ca/c2*1-3-4-5-6-7-8(2)9(10)11;/h2*2-7H2,1H3,(H,10,11);/q;;+2/p-2. The normalized spacial score (nSPS) is 9.13. The molecule has 4 nitrogen and oxygen atoms in total. The average molecular weight is 351 g/mol. The topological polar surface area (TPSA) is 80.3 Å². The third-order valence-corrected chi connectivity index (χ3v) is 3.24. The second-order valence-corrected chi connectivity index (χ2v) is 5.40. The molecule has 0 saturated heterocycles. The van der Waals surface area contributed by atoms with Gasteiger partial charge in [0.2, 0.25) is 0 Å². The third kappa shape index (κ3) is 21.7. The van der Waals surface area contributed by atoms with Crippen molar-refractivity contribution in [1.29, 1.82) is 0 Å². The van der Waals surface area contributed by atoms with E-state index in [-0.39, 0.29) is 48.9 Å². The van der Waals surface area contributed by atoms with Crippen molar-refractivity contribution in [3.05, 3.63) is 24.3 Å². The molecule has 0 bridgehead atoms. The van der Waals surface area contributed by atoms with Crippen LogP contribution >= 0.6 is 0 Å². The van der Waals surface area contributed by atoms with Gasteiger partial charge in [0.25, 0.3) is 0 Å². The fraction of sp³-hybridized carbons (Fsp3) is 0.667. The predicted octanol–water partition coefficient (Wildman–Crippen LogP) is 2.14. The van der Waals surface area contributed by atoms with Gasteiger partial charge >= 0.3 is 37.7 Å². The third-order valence-electron chi connectivity index (χ3n) is 3.24. The zero-order chi connectivity index (χ0) is 17.4.